The average molecular weight is 432 g/mol. The summed E-state index contributed by atoms with van der Waals surface area (Å²) in [5, 5.41) is 2.59. The van der Waals surface area contributed by atoms with Crippen LogP contribution in [-0.4, -0.2) is 27.3 Å². The molecule has 0 radical (unpaired) electrons. The number of nitrogens with zero attached hydrogens (tertiary/aromatic N) is 3. The number of halogens is 1. The Labute approximate surface area is 185 Å². The lowest BCUT2D eigenvalue weighted by atomic mass is 10.0. The fraction of sp³-hybridized carbons (Fsp3) is 0.240. The molecule has 5 nitrogen and oxygen atoms in total. The van der Waals surface area contributed by atoms with Gasteiger partial charge in [-0.15, -0.1) is 0 Å². The van der Waals surface area contributed by atoms with Crippen LogP contribution in [-0.2, 0) is 6.42 Å². The number of hydrogen-bond donors (Lipinski definition) is 0. The summed E-state index contributed by atoms with van der Waals surface area (Å²) in [4.78, 5) is 24.3. The number of likely N-dealkylation sites (tertiary alicyclic amines) is 1. The fourth-order valence-corrected chi connectivity index (χ4v) is 4.35. The van der Waals surface area contributed by atoms with Crippen LogP contribution < -0.4 is 0 Å². The second-order valence-electron chi connectivity index (χ2n) is 7.86. The van der Waals surface area contributed by atoms with Crippen LogP contribution in [0, 0.1) is 0 Å². The maximum absolute atomic E-state index is 13.5. The Hall–Kier alpha value is -3.18. The summed E-state index contributed by atoms with van der Waals surface area (Å²) in [5.41, 5.74) is 1.58. The van der Waals surface area contributed by atoms with Gasteiger partial charge in [-0.1, -0.05) is 48.0 Å². The van der Waals surface area contributed by atoms with Gasteiger partial charge >= 0.3 is 0 Å². The highest BCUT2D eigenvalue weighted by Crippen LogP contribution is 2.33. The van der Waals surface area contributed by atoms with E-state index in [1.165, 1.54) is 0 Å². The summed E-state index contributed by atoms with van der Waals surface area (Å²) in [7, 11) is 0. The topological polar surface area (TPSA) is 59.2 Å². The van der Waals surface area contributed by atoms with Crippen LogP contribution in [0.4, 0.5) is 0 Å². The average Bonchev–Trinajstić information content (AvgIpc) is 3.28. The van der Waals surface area contributed by atoms with Crippen LogP contribution in [0.25, 0.3) is 10.8 Å². The molecule has 0 N–H and O–H groups in total. The molecule has 1 aliphatic heterocycles. The summed E-state index contributed by atoms with van der Waals surface area (Å²) in [6.45, 7) is 0.670. The van der Waals surface area contributed by atoms with Crippen molar-refractivity contribution in [1.29, 1.82) is 0 Å². The lowest BCUT2D eigenvalue weighted by Crippen LogP contribution is -2.39. The van der Waals surface area contributed by atoms with Crippen LogP contribution in [0.2, 0.25) is 5.02 Å². The number of hydrogen-bond acceptors (Lipinski definition) is 4. The van der Waals surface area contributed by atoms with Gasteiger partial charge in [0.15, 0.2) is 0 Å². The van der Waals surface area contributed by atoms with Gasteiger partial charge in [-0.05, 0) is 48.4 Å². The Morgan fingerprint density at radius 1 is 1.06 bits per heavy atom. The minimum absolute atomic E-state index is 0.0704. The van der Waals surface area contributed by atoms with Crippen LogP contribution in [0.15, 0.2) is 71.4 Å². The normalized spacial score (nSPS) is 16.5. The van der Waals surface area contributed by atoms with Crippen molar-refractivity contribution in [3.05, 3.63) is 94.9 Å². The van der Waals surface area contributed by atoms with E-state index in [0.717, 1.165) is 41.4 Å². The molecule has 2 aromatic heterocycles. The molecule has 5 rings (SSSR count). The monoisotopic (exact) mass is 431 g/mol. The summed E-state index contributed by atoms with van der Waals surface area (Å²) in [5.74, 6) is 1.30. The number of piperidine rings is 1. The Kier molecular flexibility index (Phi) is 5.43. The van der Waals surface area contributed by atoms with E-state index in [2.05, 4.69) is 9.97 Å². The van der Waals surface area contributed by atoms with Gasteiger partial charge in [0, 0.05) is 29.6 Å². The van der Waals surface area contributed by atoms with Crippen LogP contribution in [0.1, 0.15) is 53.0 Å². The summed E-state index contributed by atoms with van der Waals surface area (Å²) in [6.07, 6.45) is 6.92. The summed E-state index contributed by atoms with van der Waals surface area (Å²) in [6, 6.07) is 17.3. The first-order chi connectivity index (χ1) is 15.2. The Bertz CT molecular complexity index is 1210. The Morgan fingerprint density at radius 3 is 2.77 bits per heavy atom. The zero-order chi connectivity index (χ0) is 21.2. The van der Waals surface area contributed by atoms with Crippen LogP contribution in [0.3, 0.4) is 0 Å². The zero-order valence-corrected chi connectivity index (χ0v) is 17.8. The van der Waals surface area contributed by atoms with Crippen molar-refractivity contribution >= 4 is 28.3 Å². The SMILES string of the molecule is O=C(c1nccc2ccccc12)N1CCCCC1c1ncc(Cc2ccc(Cl)cc2)o1. The molecule has 1 atom stereocenters. The molecule has 1 aliphatic rings. The summed E-state index contributed by atoms with van der Waals surface area (Å²) >= 11 is 5.97. The van der Waals surface area contributed by atoms with Gasteiger partial charge in [0.05, 0.1) is 6.20 Å². The Morgan fingerprint density at radius 2 is 1.90 bits per heavy atom. The Balaban J connectivity index is 1.41. The van der Waals surface area contributed by atoms with Crippen molar-refractivity contribution in [2.45, 2.75) is 31.7 Å². The van der Waals surface area contributed by atoms with Crippen molar-refractivity contribution < 1.29 is 9.21 Å². The number of aromatic nitrogens is 2. The molecule has 1 unspecified atom stereocenters. The van der Waals surface area contributed by atoms with Gasteiger partial charge in [-0.25, -0.2) is 4.98 Å². The molecule has 4 aromatic rings. The molecule has 2 aromatic carbocycles. The molecule has 1 saturated heterocycles. The van der Waals surface area contributed by atoms with Crippen molar-refractivity contribution in [1.82, 2.24) is 14.9 Å². The van der Waals surface area contributed by atoms with Gasteiger partial charge in [-0.3, -0.25) is 9.78 Å². The second-order valence-corrected chi connectivity index (χ2v) is 8.30. The first-order valence-corrected chi connectivity index (χ1v) is 10.9. The van der Waals surface area contributed by atoms with Crippen LogP contribution in [0.5, 0.6) is 0 Å². The largest absolute Gasteiger partial charge is 0.443 e. The molecule has 0 spiro atoms. The van der Waals surface area contributed by atoms with E-state index in [-0.39, 0.29) is 11.9 Å². The minimum atomic E-state index is -0.180. The molecule has 1 amide bonds. The third kappa shape index (κ3) is 4.06. The molecule has 6 heteroatoms. The zero-order valence-electron chi connectivity index (χ0n) is 17.0. The number of amides is 1. The molecular formula is C25H22ClN3O2. The highest BCUT2D eigenvalue weighted by atomic mass is 35.5. The molecule has 0 aliphatic carbocycles. The third-order valence-corrected chi connectivity index (χ3v) is 6.04. The standard InChI is InChI=1S/C25H22ClN3O2/c26-19-10-8-17(9-11-19)15-20-16-28-24(31-20)22-7-3-4-14-29(22)25(30)23-21-6-2-1-5-18(21)12-13-27-23/h1-2,5-6,8-13,16,22H,3-4,7,14-15H2. The number of benzene rings is 2. The van der Waals surface area contributed by atoms with E-state index >= 15 is 0 Å². The molecule has 3 heterocycles. The maximum Gasteiger partial charge on any atom is 0.273 e. The van der Waals surface area contributed by atoms with Gasteiger partial charge < -0.3 is 9.32 Å². The smallest absolute Gasteiger partial charge is 0.273 e. The predicted molar refractivity (Wildman–Crippen MR) is 120 cm³/mol. The number of pyridine rings is 1. The molecule has 0 bridgehead atoms. The number of carbonyl (C=O) groups excluding carboxylic acids is 1. The summed E-state index contributed by atoms with van der Waals surface area (Å²) < 4.78 is 6.10. The number of fused-ring (bicyclic) bond motifs is 1. The number of oxazole rings is 1. The molecular weight excluding hydrogens is 410 g/mol. The van der Waals surface area contributed by atoms with E-state index in [0.29, 0.717) is 29.6 Å². The maximum atomic E-state index is 13.5. The lowest BCUT2D eigenvalue weighted by molar-refractivity contribution is 0.0566. The highest BCUT2D eigenvalue weighted by molar-refractivity contribution is 6.30. The van der Waals surface area contributed by atoms with Gasteiger partial charge in [0.25, 0.3) is 5.91 Å². The molecule has 156 valence electrons. The first kappa shape index (κ1) is 19.8. The number of rotatable bonds is 4. The van der Waals surface area contributed by atoms with Gasteiger partial charge in [0.2, 0.25) is 5.89 Å². The van der Waals surface area contributed by atoms with E-state index in [9.17, 15) is 4.79 Å². The highest BCUT2D eigenvalue weighted by Gasteiger charge is 2.33. The van der Waals surface area contributed by atoms with E-state index in [1.54, 1.807) is 12.4 Å². The second kappa shape index (κ2) is 8.52. The van der Waals surface area contributed by atoms with Crippen molar-refractivity contribution in [2.24, 2.45) is 0 Å². The quantitative estimate of drug-likeness (QED) is 0.407. The van der Waals surface area contributed by atoms with Crippen molar-refractivity contribution in [3.63, 3.8) is 0 Å². The molecule has 0 saturated carbocycles. The van der Waals surface area contributed by atoms with E-state index in [4.69, 9.17) is 16.0 Å². The van der Waals surface area contributed by atoms with E-state index < -0.39 is 0 Å². The third-order valence-electron chi connectivity index (χ3n) is 5.79. The van der Waals surface area contributed by atoms with Crippen molar-refractivity contribution in [2.75, 3.05) is 6.54 Å². The first-order valence-electron chi connectivity index (χ1n) is 10.5. The van der Waals surface area contributed by atoms with Crippen molar-refractivity contribution in [3.8, 4) is 0 Å². The predicted octanol–water partition coefficient (Wildman–Crippen LogP) is 5.83. The lowest BCUT2D eigenvalue weighted by Gasteiger charge is -2.33. The van der Waals surface area contributed by atoms with Gasteiger partial charge in [-0.2, -0.15) is 0 Å². The fourth-order valence-electron chi connectivity index (χ4n) is 4.22. The molecule has 31 heavy (non-hydrogen) atoms. The van der Waals surface area contributed by atoms with E-state index in [1.807, 2.05) is 59.5 Å². The van der Waals surface area contributed by atoms with Crippen LogP contribution >= 0.6 is 11.6 Å². The molecule has 1 fully saturated rings. The number of carbonyl (C=O) groups is 1. The minimum Gasteiger partial charge on any atom is -0.443 e. The van der Waals surface area contributed by atoms with Gasteiger partial charge in [0.1, 0.15) is 17.5 Å².